The van der Waals surface area contributed by atoms with E-state index in [-0.39, 0.29) is 43.7 Å². The zero-order valence-electron chi connectivity index (χ0n) is 16.6. The second-order valence-electron chi connectivity index (χ2n) is 6.84. The fourth-order valence-electron chi connectivity index (χ4n) is 3.23. The van der Waals surface area contributed by atoms with Crippen LogP contribution in [0.5, 0.6) is 5.75 Å². The van der Waals surface area contributed by atoms with Crippen molar-refractivity contribution in [3.05, 3.63) is 72.6 Å². The molecular formula is C24H23FN2O3. The van der Waals surface area contributed by atoms with Crippen LogP contribution in [0, 0.1) is 23.6 Å². The number of halogens is 1. The van der Waals surface area contributed by atoms with Crippen molar-refractivity contribution in [2.45, 2.75) is 12.8 Å². The first-order valence-electron chi connectivity index (χ1n) is 9.69. The highest BCUT2D eigenvalue weighted by Gasteiger charge is 2.34. The molecule has 1 saturated heterocycles. The predicted molar refractivity (Wildman–Crippen MR) is 113 cm³/mol. The Hall–Kier alpha value is -3.59. The summed E-state index contributed by atoms with van der Waals surface area (Å²) in [5.41, 5.74) is 1.63. The van der Waals surface area contributed by atoms with E-state index in [1.807, 2.05) is 30.3 Å². The predicted octanol–water partition coefficient (Wildman–Crippen LogP) is 3.11. The maximum atomic E-state index is 13.1. The lowest BCUT2D eigenvalue weighted by molar-refractivity contribution is -0.126. The van der Waals surface area contributed by atoms with Crippen molar-refractivity contribution in [1.82, 2.24) is 5.32 Å². The Kier molecular flexibility index (Phi) is 7.23. The van der Waals surface area contributed by atoms with Crippen LogP contribution in [0.1, 0.15) is 12.0 Å². The minimum absolute atomic E-state index is 0.125. The molecule has 1 unspecified atom stereocenters. The summed E-state index contributed by atoms with van der Waals surface area (Å²) in [6.07, 6.45) is 2.66. The van der Waals surface area contributed by atoms with E-state index >= 15 is 0 Å². The van der Waals surface area contributed by atoms with Crippen molar-refractivity contribution >= 4 is 17.5 Å². The number of anilines is 1. The van der Waals surface area contributed by atoms with Crippen molar-refractivity contribution in [3.63, 3.8) is 0 Å². The summed E-state index contributed by atoms with van der Waals surface area (Å²) >= 11 is 0. The van der Waals surface area contributed by atoms with Gasteiger partial charge in [-0.3, -0.25) is 9.59 Å². The van der Waals surface area contributed by atoms with E-state index in [9.17, 15) is 14.0 Å². The number of amides is 2. The summed E-state index contributed by atoms with van der Waals surface area (Å²) in [4.78, 5) is 26.0. The Morgan fingerprint density at radius 2 is 2.00 bits per heavy atom. The Morgan fingerprint density at radius 3 is 2.77 bits per heavy atom. The Bertz CT molecular complexity index is 976. The normalized spacial score (nSPS) is 15.3. The molecule has 2 amide bonds. The van der Waals surface area contributed by atoms with Crippen molar-refractivity contribution in [3.8, 4) is 17.6 Å². The van der Waals surface area contributed by atoms with Gasteiger partial charge in [0.05, 0.1) is 12.5 Å². The van der Waals surface area contributed by atoms with Gasteiger partial charge < -0.3 is 15.0 Å². The molecule has 1 fully saturated rings. The summed E-state index contributed by atoms with van der Waals surface area (Å²) in [6.45, 7) is 4.40. The molecule has 1 atom stereocenters. The number of carbonyl (C=O) groups excluding carboxylic acids is 2. The first-order chi connectivity index (χ1) is 14.6. The molecule has 0 radical (unpaired) electrons. The van der Waals surface area contributed by atoms with Crippen molar-refractivity contribution < 1.29 is 18.7 Å². The molecule has 0 saturated carbocycles. The number of benzene rings is 2. The topological polar surface area (TPSA) is 58.6 Å². The van der Waals surface area contributed by atoms with Crippen LogP contribution < -0.4 is 15.0 Å². The Morgan fingerprint density at radius 1 is 1.23 bits per heavy atom. The Labute approximate surface area is 175 Å². The molecule has 3 rings (SSSR count). The third kappa shape index (κ3) is 5.48. The Balaban J connectivity index is 1.44. The molecule has 1 N–H and O–H groups in total. The number of rotatable bonds is 7. The number of hydrogen-bond donors (Lipinski definition) is 1. The lowest BCUT2D eigenvalue weighted by atomic mass is 10.1. The van der Waals surface area contributed by atoms with E-state index in [1.54, 1.807) is 0 Å². The fourth-order valence-corrected chi connectivity index (χ4v) is 3.23. The molecule has 5 nitrogen and oxygen atoms in total. The van der Waals surface area contributed by atoms with Gasteiger partial charge in [0.1, 0.15) is 18.2 Å². The zero-order chi connectivity index (χ0) is 21.3. The summed E-state index contributed by atoms with van der Waals surface area (Å²) in [5.74, 6) is 5.29. The van der Waals surface area contributed by atoms with Gasteiger partial charge in [0, 0.05) is 18.7 Å². The van der Waals surface area contributed by atoms with E-state index in [2.05, 4.69) is 23.7 Å². The molecule has 1 aliphatic heterocycles. The van der Waals surface area contributed by atoms with Crippen LogP contribution in [0.3, 0.4) is 0 Å². The van der Waals surface area contributed by atoms with Gasteiger partial charge in [0.2, 0.25) is 11.8 Å². The number of carbonyl (C=O) groups is 2. The summed E-state index contributed by atoms with van der Waals surface area (Å²) in [6, 6.07) is 13.4. The van der Waals surface area contributed by atoms with E-state index in [0.29, 0.717) is 12.1 Å². The summed E-state index contributed by atoms with van der Waals surface area (Å²) < 4.78 is 18.7. The lowest BCUT2D eigenvalue weighted by Crippen LogP contribution is -2.33. The first-order valence-corrected chi connectivity index (χ1v) is 9.69. The molecule has 0 spiro atoms. The molecule has 2 aromatic carbocycles. The second-order valence-corrected chi connectivity index (χ2v) is 6.84. The quantitative estimate of drug-likeness (QED) is 0.568. The van der Waals surface area contributed by atoms with Crippen LogP contribution in [0.2, 0.25) is 0 Å². The smallest absolute Gasteiger partial charge is 0.227 e. The summed E-state index contributed by atoms with van der Waals surface area (Å²) in [5, 5.41) is 2.74. The number of hydrogen-bond acceptors (Lipinski definition) is 3. The SMILES string of the molecule is C=CCc1ccccc1OCC#CCNC(=O)C1CC(=O)N(c2ccc(F)cc2)C1. The van der Waals surface area contributed by atoms with Gasteiger partial charge in [-0.1, -0.05) is 36.1 Å². The molecule has 6 heteroatoms. The monoisotopic (exact) mass is 406 g/mol. The van der Waals surface area contributed by atoms with E-state index < -0.39 is 5.92 Å². The van der Waals surface area contributed by atoms with Gasteiger partial charge >= 0.3 is 0 Å². The van der Waals surface area contributed by atoms with Crippen molar-refractivity contribution in [1.29, 1.82) is 0 Å². The molecule has 0 aromatic heterocycles. The molecule has 30 heavy (non-hydrogen) atoms. The summed E-state index contributed by atoms with van der Waals surface area (Å²) in [7, 11) is 0. The largest absolute Gasteiger partial charge is 0.481 e. The van der Waals surface area contributed by atoms with Gasteiger partial charge in [-0.2, -0.15) is 0 Å². The maximum absolute atomic E-state index is 13.1. The van der Waals surface area contributed by atoms with Gasteiger partial charge in [-0.25, -0.2) is 4.39 Å². The molecular weight excluding hydrogens is 383 g/mol. The fraction of sp³-hybridized carbons (Fsp3) is 0.250. The van der Waals surface area contributed by atoms with E-state index in [4.69, 9.17) is 4.74 Å². The average Bonchev–Trinajstić information content (AvgIpc) is 3.14. The van der Waals surface area contributed by atoms with Gasteiger partial charge in [0.15, 0.2) is 0 Å². The molecule has 2 aromatic rings. The number of para-hydroxylation sites is 1. The standard InChI is InChI=1S/C24H23FN2O3/c1-2-7-18-8-3-4-9-22(18)30-15-6-5-14-26-24(29)19-16-23(28)27(17-19)21-12-10-20(25)11-13-21/h2-4,8-13,19H,1,7,14-17H2,(H,26,29). The lowest BCUT2D eigenvalue weighted by Gasteiger charge is -2.16. The average molecular weight is 406 g/mol. The van der Waals surface area contributed by atoms with E-state index in [1.165, 1.54) is 29.2 Å². The van der Waals surface area contributed by atoms with E-state index in [0.717, 1.165) is 11.3 Å². The second kappa shape index (κ2) is 10.3. The zero-order valence-corrected chi connectivity index (χ0v) is 16.6. The molecule has 1 aliphatic rings. The highest BCUT2D eigenvalue weighted by atomic mass is 19.1. The molecule has 154 valence electrons. The first kappa shape index (κ1) is 21.1. The highest BCUT2D eigenvalue weighted by molar-refractivity contribution is 6.00. The van der Waals surface area contributed by atoms with Gasteiger partial charge in [0.25, 0.3) is 0 Å². The van der Waals surface area contributed by atoms with Crippen LogP contribution in [-0.4, -0.2) is 31.5 Å². The molecule has 0 aliphatic carbocycles. The van der Waals surface area contributed by atoms with Crippen molar-refractivity contribution in [2.75, 3.05) is 24.6 Å². The van der Waals surface area contributed by atoms with Gasteiger partial charge in [-0.15, -0.1) is 6.58 Å². The maximum Gasteiger partial charge on any atom is 0.227 e. The minimum atomic E-state index is -0.452. The van der Waals surface area contributed by atoms with Crippen LogP contribution in [0.15, 0.2) is 61.2 Å². The van der Waals surface area contributed by atoms with Crippen LogP contribution in [0.4, 0.5) is 10.1 Å². The van der Waals surface area contributed by atoms with Gasteiger partial charge in [-0.05, 0) is 42.3 Å². The highest BCUT2D eigenvalue weighted by Crippen LogP contribution is 2.25. The third-order valence-electron chi connectivity index (χ3n) is 4.75. The number of allylic oxidation sites excluding steroid dienone is 1. The molecule has 1 heterocycles. The third-order valence-corrected chi connectivity index (χ3v) is 4.75. The van der Waals surface area contributed by atoms with Crippen LogP contribution in [0.25, 0.3) is 0 Å². The number of nitrogens with zero attached hydrogens (tertiary/aromatic N) is 1. The minimum Gasteiger partial charge on any atom is -0.481 e. The number of nitrogens with one attached hydrogen (secondary N) is 1. The molecule has 0 bridgehead atoms. The van der Waals surface area contributed by atoms with Crippen molar-refractivity contribution in [2.24, 2.45) is 5.92 Å². The number of ether oxygens (including phenoxy) is 1. The van der Waals surface area contributed by atoms with Crippen LogP contribution >= 0.6 is 0 Å². The van der Waals surface area contributed by atoms with Crippen LogP contribution in [-0.2, 0) is 16.0 Å².